The Balaban J connectivity index is 2.01. The average molecular weight is 305 g/mol. The number of hydrogen-bond acceptors (Lipinski definition) is 5. The molecule has 0 aliphatic rings. The quantitative estimate of drug-likeness (QED) is 0.678. The average Bonchev–Trinajstić information content (AvgIpc) is 2.61. The van der Waals surface area contributed by atoms with Gasteiger partial charge in [0.15, 0.2) is 12.6 Å². The number of carbonyl (C=O) groups excluding carboxylic acids is 2. The van der Waals surface area contributed by atoms with Crippen LogP contribution in [0.3, 0.4) is 0 Å². The van der Waals surface area contributed by atoms with Crippen LogP contribution in [0, 0.1) is 0 Å². The molecule has 2 aromatic heterocycles. The Hall–Kier alpha value is -3.08. The van der Waals surface area contributed by atoms with Gasteiger partial charge in [0.05, 0.1) is 11.1 Å². The van der Waals surface area contributed by atoms with Crippen molar-refractivity contribution in [2.45, 2.75) is 6.54 Å². The Morgan fingerprint density at radius 1 is 1.00 bits per heavy atom. The van der Waals surface area contributed by atoms with Gasteiger partial charge in [-0.3, -0.25) is 14.6 Å². The fourth-order valence-electron chi connectivity index (χ4n) is 2.65. The number of fused-ring (bicyclic) bond motifs is 1. The highest BCUT2D eigenvalue weighted by Crippen LogP contribution is 2.23. The molecule has 0 saturated carbocycles. The molecule has 2 heterocycles. The van der Waals surface area contributed by atoms with Crippen molar-refractivity contribution in [1.82, 2.24) is 9.97 Å². The van der Waals surface area contributed by atoms with Gasteiger partial charge in [0, 0.05) is 36.9 Å². The van der Waals surface area contributed by atoms with Gasteiger partial charge in [-0.05, 0) is 29.8 Å². The molecule has 1 aromatic carbocycles. The molecule has 0 aliphatic carbocycles. The number of anilines is 1. The second kappa shape index (κ2) is 6.36. The maximum absolute atomic E-state index is 11.6. The molecule has 23 heavy (non-hydrogen) atoms. The van der Waals surface area contributed by atoms with Gasteiger partial charge in [0.25, 0.3) is 0 Å². The second-order valence-electron chi connectivity index (χ2n) is 5.22. The van der Waals surface area contributed by atoms with E-state index >= 15 is 0 Å². The van der Waals surface area contributed by atoms with Gasteiger partial charge >= 0.3 is 0 Å². The molecular weight excluding hydrogens is 290 g/mol. The number of benzene rings is 1. The third-order valence-corrected chi connectivity index (χ3v) is 3.75. The first-order chi connectivity index (χ1) is 11.2. The van der Waals surface area contributed by atoms with Crippen LogP contribution in [0.15, 0.2) is 48.8 Å². The molecule has 0 saturated heterocycles. The molecule has 0 spiro atoms. The van der Waals surface area contributed by atoms with Crippen LogP contribution in [0.25, 0.3) is 10.9 Å². The predicted molar refractivity (Wildman–Crippen MR) is 88.9 cm³/mol. The summed E-state index contributed by atoms with van der Waals surface area (Å²) in [4.78, 5) is 33.1. The molecule has 3 rings (SSSR count). The van der Waals surface area contributed by atoms with Crippen molar-refractivity contribution in [2.24, 2.45) is 0 Å². The van der Waals surface area contributed by atoms with Crippen molar-refractivity contribution in [3.05, 3.63) is 65.5 Å². The van der Waals surface area contributed by atoms with Crippen molar-refractivity contribution in [3.63, 3.8) is 0 Å². The van der Waals surface area contributed by atoms with Crippen molar-refractivity contribution in [3.8, 4) is 0 Å². The first kappa shape index (κ1) is 14.8. The van der Waals surface area contributed by atoms with Crippen LogP contribution in [0.2, 0.25) is 0 Å². The molecule has 3 aromatic rings. The van der Waals surface area contributed by atoms with Crippen molar-refractivity contribution in [2.75, 3.05) is 11.9 Å². The molecule has 0 radical (unpaired) electrons. The number of rotatable bonds is 5. The van der Waals surface area contributed by atoms with Gasteiger partial charge in [-0.25, -0.2) is 4.98 Å². The van der Waals surface area contributed by atoms with Crippen LogP contribution in [0.4, 0.5) is 5.82 Å². The molecule has 5 heteroatoms. The zero-order valence-corrected chi connectivity index (χ0v) is 12.6. The topological polar surface area (TPSA) is 63.2 Å². The van der Waals surface area contributed by atoms with Crippen molar-refractivity contribution >= 4 is 29.3 Å². The normalized spacial score (nSPS) is 10.5. The lowest BCUT2D eigenvalue weighted by atomic mass is 10.0. The van der Waals surface area contributed by atoms with E-state index in [1.165, 1.54) is 0 Å². The smallest absolute Gasteiger partial charge is 0.153 e. The number of aromatic nitrogens is 2. The van der Waals surface area contributed by atoms with E-state index in [0.717, 1.165) is 29.0 Å². The Labute approximate surface area is 133 Å². The molecule has 0 unspecified atom stereocenters. The third-order valence-electron chi connectivity index (χ3n) is 3.75. The van der Waals surface area contributed by atoms with Gasteiger partial charge < -0.3 is 4.90 Å². The predicted octanol–water partition coefficient (Wildman–Crippen LogP) is 2.89. The SMILES string of the molecule is CN(Cc1ccc2ncccc2c1C=O)c1ncccc1C=O. The maximum Gasteiger partial charge on any atom is 0.153 e. The van der Waals surface area contributed by atoms with Gasteiger partial charge in [-0.2, -0.15) is 0 Å². The largest absolute Gasteiger partial charge is 0.355 e. The van der Waals surface area contributed by atoms with Gasteiger partial charge in [0.1, 0.15) is 5.82 Å². The number of nitrogens with zero attached hydrogens (tertiary/aromatic N) is 3. The molecule has 0 bridgehead atoms. The molecule has 0 aliphatic heterocycles. The summed E-state index contributed by atoms with van der Waals surface area (Å²) in [6, 6.07) is 10.9. The Kier molecular flexibility index (Phi) is 4.10. The Bertz CT molecular complexity index is 877. The van der Waals surface area contributed by atoms with Crippen molar-refractivity contribution < 1.29 is 9.59 Å². The highest BCUT2D eigenvalue weighted by molar-refractivity contribution is 5.98. The van der Waals surface area contributed by atoms with E-state index in [9.17, 15) is 9.59 Å². The molecule has 5 nitrogen and oxygen atoms in total. The van der Waals surface area contributed by atoms with E-state index < -0.39 is 0 Å². The van der Waals surface area contributed by atoms with E-state index in [1.807, 2.05) is 36.2 Å². The van der Waals surface area contributed by atoms with E-state index in [4.69, 9.17) is 0 Å². The summed E-state index contributed by atoms with van der Waals surface area (Å²) < 4.78 is 0. The summed E-state index contributed by atoms with van der Waals surface area (Å²) in [5, 5.41) is 0.824. The van der Waals surface area contributed by atoms with Crippen LogP contribution in [-0.4, -0.2) is 29.6 Å². The lowest BCUT2D eigenvalue weighted by Gasteiger charge is -2.20. The van der Waals surface area contributed by atoms with E-state index in [1.54, 1.807) is 24.5 Å². The number of aldehydes is 2. The van der Waals surface area contributed by atoms with E-state index in [-0.39, 0.29) is 0 Å². The summed E-state index contributed by atoms with van der Waals surface area (Å²) >= 11 is 0. The first-order valence-corrected chi connectivity index (χ1v) is 7.17. The minimum atomic E-state index is 0.469. The standard InChI is InChI=1S/C18H15N3O2/c1-21(18-14(11-22)4-2-9-20-18)10-13-6-7-17-15(16(13)12-23)5-3-8-19-17/h2-9,11-12H,10H2,1H3. The zero-order chi connectivity index (χ0) is 16.2. The molecule has 114 valence electrons. The fourth-order valence-corrected chi connectivity index (χ4v) is 2.65. The van der Waals surface area contributed by atoms with Gasteiger partial charge in [-0.15, -0.1) is 0 Å². The summed E-state index contributed by atoms with van der Waals surface area (Å²) in [5.41, 5.74) is 2.79. The van der Waals surface area contributed by atoms with Crippen LogP contribution in [0.1, 0.15) is 26.3 Å². The van der Waals surface area contributed by atoms with Gasteiger partial charge in [0.2, 0.25) is 0 Å². The fraction of sp³-hybridized carbons (Fsp3) is 0.111. The highest BCUT2D eigenvalue weighted by Gasteiger charge is 2.13. The number of pyridine rings is 2. The van der Waals surface area contributed by atoms with Crippen LogP contribution in [-0.2, 0) is 6.54 Å². The molecule has 0 fully saturated rings. The minimum Gasteiger partial charge on any atom is -0.355 e. The molecule has 0 amide bonds. The summed E-state index contributed by atoms with van der Waals surface area (Å²) in [6.07, 6.45) is 4.98. The van der Waals surface area contributed by atoms with Crippen LogP contribution in [0.5, 0.6) is 0 Å². The lowest BCUT2D eigenvalue weighted by Crippen LogP contribution is -2.20. The first-order valence-electron chi connectivity index (χ1n) is 7.17. The highest BCUT2D eigenvalue weighted by atomic mass is 16.1. The van der Waals surface area contributed by atoms with Crippen molar-refractivity contribution in [1.29, 1.82) is 0 Å². The summed E-state index contributed by atoms with van der Waals surface area (Å²) in [5.74, 6) is 0.589. The summed E-state index contributed by atoms with van der Waals surface area (Å²) in [6.45, 7) is 0.469. The van der Waals surface area contributed by atoms with Crippen LogP contribution >= 0.6 is 0 Å². The number of carbonyl (C=O) groups is 2. The Morgan fingerprint density at radius 2 is 1.78 bits per heavy atom. The monoisotopic (exact) mass is 305 g/mol. The Morgan fingerprint density at radius 3 is 2.57 bits per heavy atom. The molecular formula is C18H15N3O2. The van der Waals surface area contributed by atoms with E-state index in [0.29, 0.717) is 23.5 Å². The van der Waals surface area contributed by atoms with E-state index in [2.05, 4.69) is 9.97 Å². The summed E-state index contributed by atoms with van der Waals surface area (Å²) in [7, 11) is 1.84. The molecule has 0 atom stereocenters. The lowest BCUT2D eigenvalue weighted by molar-refractivity contribution is 0.111. The maximum atomic E-state index is 11.6. The zero-order valence-electron chi connectivity index (χ0n) is 12.6. The third kappa shape index (κ3) is 2.81. The second-order valence-corrected chi connectivity index (χ2v) is 5.22. The van der Waals surface area contributed by atoms with Crippen LogP contribution < -0.4 is 4.90 Å². The molecule has 0 N–H and O–H groups in total. The van der Waals surface area contributed by atoms with Gasteiger partial charge in [-0.1, -0.05) is 12.1 Å². The minimum absolute atomic E-state index is 0.469. The number of hydrogen-bond donors (Lipinski definition) is 0.